The lowest BCUT2D eigenvalue weighted by Gasteiger charge is -2.02. The number of nitrogens with one attached hydrogen (secondary N) is 1. The summed E-state index contributed by atoms with van der Waals surface area (Å²) in [7, 11) is 0. The molecule has 0 aromatic carbocycles. The molecule has 0 saturated heterocycles. The smallest absolute Gasteiger partial charge is 0.253 e. The molecular formula is C11H12N4OS. The van der Waals surface area contributed by atoms with Crippen LogP contribution in [0, 0.1) is 6.92 Å². The minimum atomic E-state index is -0.239. The number of aromatic amines is 1. The quantitative estimate of drug-likeness (QED) is 0.632. The first-order valence-corrected chi connectivity index (χ1v) is 6.04. The lowest BCUT2D eigenvalue weighted by atomic mass is 10.3. The summed E-state index contributed by atoms with van der Waals surface area (Å²) >= 11 is 1.40. The minimum absolute atomic E-state index is 0.230. The summed E-state index contributed by atoms with van der Waals surface area (Å²) in [4.78, 5) is 22.2. The Labute approximate surface area is 103 Å². The topological polar surface area (TPSA) is 84.7 Å². The molecule has 17 heavy (non-hydrogen) atoms. The van der Waals surface area contributed by atoms with Crippen molar-refractivity contribution in [2.75, 3.05) is 5.73 Å². The number of aryl methyl sites for hydroxylation is 1. The van der Waals surface area contributed by atoms with Gasteiger partial charge in [0.25, 0.3) is 5.56 Å². The summed E-state index contributed by atoms with van der Waals surface area (Å²) in [6, 6.07) is 7.09. The fourth-order valence-corrected chi connectivity index (χ4v) is 2.13. The number of aromatic nitrogens is 3. The highest BCUT2D eigenvalue weighted by atomic mass is 32.2. The molecule has 0 atom stereocenters. The molecule has 6 heteroatoms. The van der Waals surface area contributed by atoms with Crippen LogP contribution in [0.1, 0.15) is 11.4 Å². The third-order valence-corrected chi connectivity index (χ3v) is 2.95. The molecule has 2 heterocycles. The molecule has 5 nitrogen and oxygen atoms in total. The monoisotopic (exact) mass is 248 g/mol. The van der Waals surface area contributed by atoms with Crippen LogP contribution in [-0.2, 0) is 5.75 Å². The van der Waals surface area contributed by atoms with Crippen molar-refractivity contribution in [3.05, 3.63) is 46.0 Å². The first-order valence-electron chi connectivity index (χ1n) is 5.05. The van der Waals surface area contributed by atoms with Gasteiger partial charge in [-0.15, -0.1) is 0 Å². The third kappa shape index (κ3) is 3.32. The molecule has 3 N–H and O–H groups in total. The van der Waals surface area contributed by atoms with Crippen molar-refractivity contribution in [1.82, 2.24) is 15.0 Å². The summed E-state index contributed by atoms with van der Waals surface area (Å²) in [5.41, 5.74) is 7.17. The second-order valence-electron chi connectivity index (χ2n) is 3.53. The molecule has 0 unspecified atom stereocenters. The Bertz CT molecular complexity index is 582. The zero-order valence-electron chi connectivity index (χ0n) is 9.30. The van der Waals surface area contributed by atoms with Crippen molar-refractivity contribution >= 4 is 17.6 Å². The van der Waals surface area contributed by atoms with Crippen LogP contribution < -0.4 is 11.3 Å². The van der Waals surface area contributed by atoms with Gasteiger partial charge < -0.3 is 10.7 Å². The van der Waals surface area contributed by atoms with Crippen LogP contribution in [0.5, 0.6) is 0 Å². The number of anilines is 1. The van der Waals surface area contributed by atoms with E-state index in [1.54, 1.807) is 0 Å². The van der Waals surface area contributed by atoms with E-state index in [0.29, 0.717) is 10.9 Å². The summed E-state index contributed by atoms with van der Waals surface area (Å²) in [6.45, 7) is 1.94. The summed E-state index contributed by atoms with van der Waals surface area (Å²) in [6.07, 6.45) is 0. The van der Waals surface area contributed by atoms with Gasteiger partial charge in [0.05, 0.1) is 5.69 Å². The zero-order valence-corrected chi connectivity index (χ0v) is 10.1. The van der Waals surface area contributed by atoms with Crippen LogP contribution in [0.2, 0.25) is 0 Å². The number of nitrogen functional groups attached to an aromatic ring is 1. The molecule has 0 spiro atoms. The van der Waals surface area contributed by atoms with E-state index in [1.165, 1.54) is 17.8 Å². The molecule has 2 rings (SSSR count). The maximum Gasteiger partial charge on any atom is 0.253 e. The molecule has 0 aliphatic carbocycles. The predicted octanol–water partition coefficient (Wildman–Crippen LogP) is 1.35. The number of pyridine rings is 1. The Morgan fingerprint density at radius 2 is 2.24 bits per heavy atom. The van der Waals surface area contributed by atoms with Crippen molar-refractivity contribution in [2.45, 2.75) is 17.8 Å². The standard InChI is InChI=1S/C11H12N4OS/c1-7-3-2-4-8(13-7)6-17-11-14-9(12)5-10(16)15-11/h2-5H,6H2,1H3,(H3,12,14,15,16). The van der Waals surface area contributed by atoms with Crippen LogP contribution >= 0.6 is 11.8 Å². The minimum Gasteiger partial charge on any atom is -0.383 e. The Morgan fingerprint density at radius 3 is 2.94 bits per heavy atom. The van der Waals surface area contributed by atoms with Crippen molar-refractivity contribution in [2.24, 2.45) is 0 Å². The van der Waals surface area contributed by atoms with Gasteiger partial charge in [-0.2, -0.15) is 0 Å². The van der Waals surface area contributed by atoms with Gasteiger partial charge in [-0.25, -0.2) is 4.98 Å². The van der Waals surface area contributed by atoms with Crippen LogP contribution in [0.25, 0.3) is 0 Å². The molecule has 0 amide bonds. The van der Waals surface area contributed by atoms with Gasteiger partial charge in [0.2, 0.25) is 0 Å². The normalized spacial score (nSPS) is 10.4. The lowest BCUT2D eigenvalue weighted by Crippen LogP contribution is -2.09. The largest absolute Gasteiger partial charge is 0.383 e. The van der Waals surface area contributed by atoms with Gasteiger partial charge in [-0.05, 0) is 19.1 Å². The van der Waals surface area contributed by atoms with Crippen molar-refractivity contribution in [1.29, 1.82) is 0 Å². The highest BCUT2D eigenvalue weighted by Gasteiger charge is 2.01. The van der Waals surface area contributed by atoms with Gasteiger partial charge in [0.15, 0.2) is 5.16 Å². The second kappa shape index (κ2) is 5.01. The number of hydrogen-bond donors (Lipinski definition) is 2. The molecular weight excluding hydrogens is 236 g/mol. The summed E-state index contributed by atoms with van der Waals surface area (Å²) in [5.74, 6) is 0.877. The van der Waals surface area contributed by atoms with Gasteiger partial charge in [-0.1, -0.05) is 17.8 Å². The number of rotatable bonds is 3. The molecule has 0 bridgehead atoms. The van der Waals surface area contributed by atoms with E-state index in [2.05, 4.69) is 15.0 Å². The van der Waals surface area contributed by atoms with Crippen LogP contribution in [0.15, 0.2) is 34.2 Å². The number of hydrogen-bond acceptors (Lipinski definition) is 5. The molecule has 88 valence electrons. The highest BCUT2D eigenvalue weighted by Crippen LogP contribution is 2.17. The Morgan fingerprint density at radius 1 is 1.41 bits per heavy atom. The van der Waals surface area contributed by atoms with Crippen molar-refractivity contribution < 1.29 is 0 Å². The number of nitrogens with two attached hydrogens (primary N) is 1. The second-order valence-corrected chi connectivity index (χ2v) is 4.50. The van der Waals surface area contributed by atoms with Gasteiger partial charge >= 0.3 is 0 Å². The molecule has 0 aliphatic heterocycles. The van der Waals surface area contributed by atoms with Crippen LogP contribution in [-0.4, -0.2) is 15.0 Å². The fourth-order valence-electron chi connectivity index (χ4n) is 1.34. The van der Waals surface area contributed by atoms with Gasteiger partial charge in [0.1, 0.15) is 5.82 Å². The van der Waals surface area contributed by atoms with Gasteiger partial charge in [-0.3, -0.25) is 9.78 Å². The van der Waals surface area contributed by atoms with E-state index < -0.39 is 0 Å². The zero-order chi connectivity index (χ0) is 12.3. The molecule has 2 aromatic rings. The maximum atomic E-state index is 11.2. The van der Waals surface area contributed by atoms with Crippen LogP contribution in [0.4, 0.5) is 5.82 Å². The Hall–Kier alpha value is -1.82. The Balaban J connectivity index is 2.09. The lowest BCUT2D eigenvalue weighted by molar-refractivity contribution is 0.943. The third-order valence-electron chi connectivity index (χ3n) is 2.04. The Kier molecular flexibility index (Phi) is 3.43. The van der Waals surface area contributed by atoms with E-state index in [9.17, 15) is 4.79 Å². The first-order chi connectivity index (χ1) is 8.13. The van der Waals surface area contributed by atoms with Crippen LogP contribution in [0.3, 0.4) is 0 Å². The molecule has 2 aromatic heterocycles. The van der Waals surface area contributed by atoms with E-state index in [4.69, 9.17) is 5.73 Å². The van der Waals surface area contributed by atoms with E-state index in [1.807, 2.05) is 25.1 Å². The molecule has 0 aliphatic rings. The predicted molar refractivity (Wildman–Crippen MR) is 67.8 cm³/mol. The fraction of sp³-hybridized carbons (Fsp3) is 0.182. The maximum absolute atomic E-state index is 11.2. The van der Waals surface area contributed by atoms with E-state index in [-0.39, 0.29) is 11.4 Å². The molecule has 0 fully saturated rings. The molecule has 0 radical (unpaired) electrons. The SMILES string of the molecule is Cc1cccc(CSc2nc(N)cc(=O)[nH]2)n1. The number of thioether (sulfide) groups is 1. The average Bonchev–Trinajstić information content (AvgIpc) is 2.25. The van der Waals surface area contributed by atoms with Gasteiger partial charge in [0, 0.05) is 17.5 Å². The average molecular weight is 248 g/mol. The number of nitrogens with zero attached hydrogens (tertiary/aromatic N) is 2. The van der Waals surface area contributed by atoms with Crippen molar-refractivity contribution in [3.8, 4) is 0 Å². The van der Waals surface area contributed by atoms with E-state index in [0.717, 1.165) is 11.4 Å². The number of H-pyrrole nitrogens is 1. The summed E-state index contributed by atoms with van der Waals surface area (Å²) in [5, 5.41) is 0.512. The first kappa shape index (κ1) is 11.7. The van der Waals surface area contributed by atoms with Crippen molar-refractivity contribution in [3.63, 3.8) is 0 Å². The highest BCUT2D eigenvalue weighted by molar-refractivity contribution is 7.98. The summed E-state index contributed by atoms with van der Waals surface area (Å²) < 4.78 is 0. The van der Waals surface area contributed by atoms with E-state index >= 15 is 0 Å². The molecule has 0 saturated carbocycles.